The van der Waals surface area contributed by atoms with Gasteiger partial charge in [-0.15, -0.1) is 23.5 Å². The zero-order valence-electron chi connectivity index (χ0n) is 14.6. The van der Waals surface area contributed by atoms with Crippen molar-refractivity contribution in [1.82, 2.24) is 9.13 Å². The average molecular weight is 393 g/mol. The number of hydrogen-bond donors (Lipinski definition) is 0. The van der Waals surface area contributed by atoms with Crippen molar-refractivity contribution in [1.29, 1.82) is 0 Å². The van der Waals surface area contributed by atoms with Crippen LogP contribution in [0.4, 0.5) is 0 Å². The number of ether oxygens (including phenoxy) is 1. The van der Waals surface area contributed by atoms with E-state index < -0.39 is 17.2 Å². The average Bonchev–Trinajstić information content (AvgIpc) is 2.68. The summed E-state index contributed by atoms with van der Waals surface area (Å²) in [5.74, 6) is 1.85. The van der Waals surface area contributed by atoms with E-state index in [9.17, 15) is 14.4 Å². The van der Waals surface area contributed by atoms with Crippen LogP contribution in [0.3, 0.4) is 0 Å². The number of esters is 1. The Balaban J connectivity index is 1.67. The largest absolute Gasteiger partial charge is 0.456 e. The molecule has 2 aromatic rings. The molecule has 0 spiro atoms. The number of hydrogen-bond acceptors (Lipinski definition) is 6. The highest BCUT2D eigenvalue weighted by atomic mass is 32.2. The maximum Gasteiger partial charge on any atom is 0.338 e. The fourth-order valence-corrected chi connectivity index (χ4v) is 5.49. The molecule has 0 unspecified atom stereocenters. The third-order valence-electron chi connectivity index (χ3n) is 4.22. The highest BCUT2D eigenvalue weighted by molar-refractivity contribution is 8.16. The number of rotatable bonds is 4. The molecule has 2 heterocycles. The minimum Gasteiger partial charge on any atom is -0.456 e. The van der Waals surface area contributed by atoms with Crippen molar-refractivity contribution < 1.29 is 9.53 Å². The van der Waals surface area contributed by atoms with E-state index in [-0.39, 0.29) is 6.61 Å². The molecule has 0 bridgehead atoms. The van der Waals surface area contributed by atoms with Gasteiger partial charge in [-0.25, -0.2) is 9.59 Å². The number of carbonyl (C=O) groups excluding carboxylic acids is 1. The van der Waals surface area contributed by atoms with Crippen molar-refractivity contribution in [3.05, 3.63) is 68.0 Å². The summed E-state index contributed by atoms with van der Waals surface area (Å²) in [5.41, 5.74) is 1.14. The Morgan fingerprint density at radius 3 is 2.42 bits per heavy atom. The molecule has 3 rings (SSSR count). The summed E-state index contributed by atoms with van der Waals surface area (Å²) in [6, 6.07) is 8.74. The fraction of sp³-hybridized carbons (Fsp3) is 0.389. The Morgan fingerprint density at radius 1 is 1.12 bits per heavy atom. The Bertz CT molecular complexity index is 912. The highest BCUT2D eigenvalue weighted by Crippen LogP contribution is 2.43. The van der Waals surface area contributed by atoms with Crippen molar-refractivity contribution in [2.24, 2.45) is 14.1 Å². The predicted octanol–water partition coefficient (Wildman–Crippen LogP) is 2.31. The first-order chi connectivity index (χ1) is 12.5. The summed E-state index contributed by atoms with van der Waals surface area (Å²) < 4.78 is 8.00. The molecule has 1 aromatic carbocycles. The summed E-state index contributed by atoms with van der Waals surface area (Å²) in [4.78, 5) is 35.9. The van der Waals surface area contributed by atoms with Crippen LogP contribution in [0.15, 0.2) is 39.9 Å². The van der Waals surface area contributed by atoms with Gasteiger partial charge < -0.3 is 4.74 Å². The first-order valence-corrected chi connectivity index (χ1v) is 10.3. The van der Waals surface area contributed by atoms with Gasteiger partial charge in [-0.3, -0.25) is 13.9 Å². The number of aromatic nitrogens is 2. The van der Waals surface area contributed by atoms with Gasteiger partial charge >= 0.3 is 11.7 Å². The zero-order chi connectivity index (χ0) is 18.7. The Labute approximate surface area is 159 Å². The van der Waals surface area contributed by atoms with Crippen LogP contribution in [0.2, 0.25) is 0 Å². The van der Waals surface area contributed by atoms with Crippen LogP contribution < -0.4 is 11.2 Å². The van der Waals surface area contributed by atoms with Crippen molar-refractivity contribution in [2.75, 3.05) is 11.5 Å². The van der Waals surface area contributed by atoms with E-state index in [4.69, 9.17) is 4.74 Å². The normalized spacial score (nSPS) is 15.0. The minimum atomic E-state index is -0.478. The number of thioether (sulfide) groups is 2. The molecular formula is C18H20N2O4S2. The second kappa shape index (κ2) is 8.18. The molecule has 1 saturated heterocycles. The van der Waals surface area contributed by atoms with Crippen molar-refractivity contribution in [3.63, 3.8) is 0 Å². The van der Waals surface area contributed by atoms with E-state index in [1.165, 1.54) is 29.7 Å². The van der Waals surface area contributed by atoms with Crippen LogP contribution in [0.5, 0.6) is 0 Å². The molecule has 0 atom stereocenters. The second-order valence-electron chi connectivity index (χ2n) is 6.00. The van der Waals surface area contributed by atoms with Crippen LogP contribution in [0.25, 0.3) is 0 Å². The number of benzene rings is 1. The lowest BCUT2D eigenvalue weighted by Crippen LogP contribution is -2.38. The lowest BCUT2D eigenvalue weighted by molar-refractivity contribution is 0.0462. The molecule has 8 heteroatoms. The van der Waals surface area contributed by atoms with E-state index in [1.807, 2.05) is 35.7 Å². The van der Waals surface area contributed by atoms with Gasteiger partial charge in [0.1, 0.15) is 6.61 Å². The van der Waals surface area contributed by atoms with Gasteiger partial charge in [0.25, 0.3) is 5.56 Å². The molecule has 0 amide bonds. The molecule has 1 aliphatic rings. The molecule has 1 fully saturated rings. The maximum absolute atomic E-state index is 12.3. The quantitative estimate of drug-likeness (QED) is 0.744. The SMILES string of the molecule is Cn1c(COC(=O)c2ccc(C3SCCCS3)cc2)cc(=O)n(C)c1=O. The molecular weight excluding hydrogens is 372 g/mol. The van der Waals surface area contributed by atoms with Crippen molar-refractivity contribution in [2.45, 2.75) is 17.6 Å². The molecule has 0 N–H and O–H groups in total. The van der Waals surface area contributed by atoms with Crippen LogP contribution in [-0.2, 0) is 25.4 Å². The molecule has 138 valence electrons. The van der Waals surface area contributed by atoms with Gasteiger partial charge in [0, 0.05) is 20.2 Å². The van der Waals surface area contributed by atoms with Gasteiger partial charge in [0.2, 0.25) is 0 Å². The van der Waals surface area contributed by atoms with Gasteiger partial charge in [-0.1, -0.05) is 12.1 Å². The Hall–Kier alpha value is -1.93. The van der Waals surface area contributed by atoms with Gasteiger partial charge in [0.15, 0.2) is 0 Å². The second-order valence-corrected chi connectivity index (χ2v) is 8.72. The minimum absolute atomic E-state index is 0.128. The summed E-state index contributed by atoms with van der Waals surface area (Å²) in [7, 11) is 2.95. The molecule has 6 nitrogen and oxygen atoms in total. The van der Waals surface area contributed by atoms with Gasteiger partial charge in [0.05, 0.1) is 15.8 Å². The zero-order valence-corrected chi connectivity index (χ0v) is 16.3. The molecule has 0 aliphatic carbocycles. The van der Waals surface area contributed by atoms with Crippen LogP contribution >= 0.6 is 23.5 Å². The maximum atomic E-state index is 12.3. The monoisotopic (exact) mass is 392 g/mol. The molecule has 0 saturated carbocycles. The van der Waals surface area contributed by atoms with Crippen LogP contribution in [0.1, 0.15) is 32.6 Å². The Kier molecular flexibility index (Phi) is 5.93. The summed E-state index contributed by atoms with van der Waals surface area (Å²) in [6.45, 7) is -0.128. The van der Waals surface area contributed by atoms with E-state index >= 15 is 0 Å². The van der Waals surface area contributed by atoms with E-state index in [2.05, 4.69) is 0 Å². The summed E-state index contributed by atoms with van der Waals surface area (Å²) >= 11 is 3.85. The van der Waals surface area contributed by atoms with Gasteiger partial charge in [-0.2, -0.15) is 0 Å². The summed E-state index contributed by atoms with van der Waals surface area (Å²) in [6.07, 6.45) is 1.24. The molecule has 1 aromatic heterocycles. The lowest BCUT2D eigenvalue weighted by atomic mass is 10.1. The van der Waals surface area contributed by atoms with E-state index in [0.29, 0.717) is 15.8 Å². The molecule has 0 radical (unpaired) electrons. The van der Waals surface area contributed by atoms with Crippen LogP contribution in [0, 0.1) is 0 Å². The number of carbonyl (C=O) groups is 1. The topological polar surface area (TPSA) is 70.3 Å². The van der Waals surface area contributed by atoms with Gasteiger partial charge in [-0.05, 0) is 35.6 Å². The fourth-order valence-electron chi connectivity index (χ4n) is 2.60. The standard InChI is InChI=1S/C18H20N2O4S2/c1-19-14(10-15(21)20(2)18(19)23)11-24-16(22)12-4-6-13(7-5-12)17-25-8-3-9-26-17/h4-7,10,17H,3,8-9,11H2,1-2H3. The first-order valence-electron chi connectivity index (χ1n) is 8.23. The first kappa shape index (κ1) is 18.8. The smallest absolute Gasteiger partial charge is 0.338 e. The Morgan fingerprint density at radius 2 is 1.77 bits per heavy atom. The third-order valence-corrected chi connectivity index (χ3v) is 7.24. The highest BCUT2D eigenvalue weighted by Gasteiger charge is 2.17. The third kappa shape index (κ3) is 4.07. The molecule has 1 aliphatic heterocycles. The van der Waals surface area contributed by atoms with E-state index in [1.54, 1.807) is 19.2 Å². The van der Waals surface area contributed by atoms with Crippen molar-refractivity contribution in [3.8, 4) is 0 Å². The predicted molar refractivity (Wildman–Crippen MR) is 105 cm³/mol. The van der Waals surface area contributed by atoms with Crippen LogP contribution in [-0.4, -0.2) is 26.6 Å². The summed E-state index contributed by atoms with van der Waals surface area (Å²) in [5, 5.41) is 0. The van der Waals surface area contributed by atoms with E-state index in [0.717, 1.165) is 16.1 Å². The number of nitrogens with zero attached hydrogens (tertiary/aromatic N) is 2. The van der Waals surface area contributed by atoms with Crippen molar-refractivity contribution >= 4 is 29.5 Å². The lowest BCUT2D eigenvalue weighted by Gasteiger charge is -2.21. The molecule has 26 heavy (non-hydrogen) atoms.